The molecule has 1 aromatic heterocycles. The minimum absolute atomic E-state index is 0.0432. The molecule has 2 N–H and O–H groups in total. The number of aromatic nitrogens is 1. The van der Waals surface area contributed by atoms with Crippen LogP contribution in [0.15, 0.2) is 47.1 Å². The lowest BCUT2D eigenvalue weighted by atomic mass is 10.2. The number of amides is 1. The van der Waals surface area contributed by atoms with Crippen molar-refractivity contribution < 1.29 is 9.32 Å². The molecular weight excluding hydrogens is 230 g/mol. The summed E-state index contributed by atoms with van der Waals surface area (Å²) in [6, 6.07) is 11.6. The SMILES string of the molecule is O=C(CNCc1ccno1)NCc1ccccc1. The molecule has 0 atom stereocenters. The molecule has 0 aliphatic carbocycles. The number of nitrogens with one attached hydrogen (secondary N) is 2. The van der Waals surface area contributed by atoms with Crippen LogP contribution >= 0.6 is 0 Å². The molecule has 0 bridgehead atoms. The Labute approximate surface area is 105 Å². The highest BCUT2D eigenvalue weighted by Crippen LogP contribution is 1.97. The van der Waals surface area contributed by atoms with Crippen LogP contribution in [0.4, 0.5) is 0 Å². The average Bonchev–Trinajstić information content (AvgIpc) is 2.91. The molecule has 0 aliphatic heterocycles. The van der Waals surface area contributed by atoms with Crippen molar-refractivity contribution in [2.75, 3.05) is 6.54 Å². The summed E-state index contributed by atoms with van der Waals surface area (Å²) in [4.78, 5) is 11.5. The summed E-state index contributed by atoms with van der Waals surface area (Å²) in [6.45, 7) is 1.30. The van der Waals surface area contributed by atoms with Gasteiger partial charge in [0, 0.05) is 12.6 Å². The van der Waals surface area contributed by atoms with E-state index in [0.717, 1.165) is 5.56 Å². The number of benzene rings is 1. The van der Waals surface area contributed by atoms with Gasteiger partial charge in [0.1, 0.15) is 5.76 Å². The van der Waals surface area contributed by atoms with E-state index in [4.69, 9.17) is 4.52 Å². The molecule has 5 nitrogen and oxygen atoms in total. The fourth-order valence-corrected chi connectivity index (χ4v) is 1.49. The summed E-state index contributed by atoms with van der Waals surface area (Å²) in [6.07, 6.45) is 1.58. The van der Waals surface area contributed by atoms with E-state index in [1.807, 2.05) is 30.3 Å². The van der Waals surface area contributed by atoms with Gasteiger partial charge in [0.15, 0.2) is 0 Å². The molecule has 5 heteroatoms. The summed E-state index contributed by atoms with van der Waals surface area (Å²) in [5.41, 5.74) is 1.08. The van der Waals surface area contributed by atoms with Gasteiger partial charge >= 0.3 is 0 Å². The van der Waals surface area contributed by atoms with Crippen LogP contribution in [0.5, 0.6) is 0 Å². The van der Waals surface area contributed by atoms with E-state index < -0.39 is 0 Å². The zero-order valence-corrected chi connectivity index (χ0v) is 9.93. The van der Waals surface area contributed by atoms with Gasteiger partial charge in [-0.2, -0.15) is 0 Å². The van der Waals surface area contributed by atoms with Gasteiger partial charge < -0.3 is 15.2 Å². The minimum atomic E-state index is -0.0432. The molecule has 1 amide bonds. The van der Waals surface area contributed by atoms with E-state index in [-0.39, 0.29) is 12.5 Å². The first-order valence-corrected chi connectivity index (χ1v) is 5.75. The Balaban J connectivity index is 1.63. The zero-order chi connectivity index (χ0) is 12.6. The number of carbonyl (C=O) groups is 1. The summed E-state index contributed by atoms with van der Waals surface area (Å²) >= 11 is 0. The number of nitrogens with zero attached hydrogens (tertiary/aromatic N) is 1. The number of rotatable bonds is 6. The average molecular weight is 245 g/mol. The molecule has 1 heterocycles. The van der Waals surface area contributed by atoms with Crippen LogP contribution < -0.4 is 10.6 Å². The van der Waals surface area contributed by atoms with Crippen LogP contribution in [0.25, 0.3) is 0 Å². The predicted octanol–water partition coefficient (Wildman–Crippen LogP) is 1.08. The maximum Gasteiger partial charge on any atom is 0.234 e. The Kier molecular flexibility index (Phi) is 4.49. The molecule has 0 radical (unpaired) electrons. The maximum atomic E-state index is 11.5. The highest BCUT2D eigenvalue weighted by molar-refractivity contribution is 5.77. The van der Waals surface area contributed by atoms with Crippen molar-refractivity contribution >= 4 is 5.91 Å². The fourth-order valence-electron chi connectivity index (χ4n) is 1.49. The van der Waals surface area contributed by atoms with E-state index in [2.05, 4.69) is 15.8 Å². The number of carbonyl (C=O) groups excluding carboxylic acids is 1. The largest absolute Gasteiger partial charge is 0.360 e. The molecule has 18 heavy (non-hydrogen) atoms. The van der Waals surface area contributed by atoms with E-state index >= 15 is 0 Å². The second-order valence-electron chi connectivity index (χ2n) is 3.84. The van der Waals surface area contributed by atoms with Gasteiger partial charge in [-0.3, -0.25) is 4.79 Å². The van der Waals surface area contributed by atoms with Gasteiger partial charge in [0.05, 0.1) is 19.3 Å². The Morgan fingerprint density at radius 1 is 1.17 bits per heavy atom. The molecule has 0 saturated heterocycles. The van der Waals surface area contributed by atoms with Crippen LogP contribution in [-0.4, -0.2) is 17.6 Å². The molecule has 0 spiro atoms. The molecule has 0 aliphatic rings. The molecule has 0 fully saturated rings. The minimum Gasteiger partial charge on any atom is -0.360 e. The van der Waals surface area contributed by atoms with Crippen LogP contribution in [0.3, 0.4) is 0 Å². The Morgan fingerprint density at radius 2 is 2.00 bits per heavy atom. The van der Waals surface area contributed by atoms with Crippen molar-refractivity contribution in [1.29, 1.82) is 0 Å². The lowest BCUT2D eigenvalue weighted by Gasteiger charge is -2.05. The molecule has 2 rings (SSSR count). The molecule has 2 aromatic rings. The van der Waals surface area contributed by atoms with E-state index in [1.165, 1.54) is 0 Å². The van der Waals surface area contributed by atoms with E-state index in [0.29, 0.717) is 18.8 Å². The van der Waals surface area contributed by atoms with Crippen LogP contribution in [0.2, 0.25) is 0 Å². The van der Waals surface area contributed by atoms with Crippen molar-refractivity contribution in [2.24, 2.45) is 0 Å². The van der Waals surface area contributed by atoms with Gasteiger partial charge in [0.25, 0.3) is 0 Å². The smallest absolute Gasteiger partial charge is 0.234 e. The molecular formula is C13H15N3O2. The first kappa shape index (κ1) is 12.3. The second kappa shape index (κ2) is 6.56. The quantitative estimate of drug-likeness (QED) is 0.799. The Morgan fingerprint density at radius 3 is 2.72 bits per heavy atom. The third kappa shape index (κ3) is 4.03. The third-order valence-electron chi connectivity index (χ3n) is 2.41. The summed E-state index contributed by atoms with van der Waals surface area (Å²) < 4.78 is 4.90. The Bertz CT molecular complexity index is 468. The van der Waals surface area contributed by atoms with Crippen molar-refractivity contribution in [3.8, 4) is 0 Å². The lowest BCUT2D eigenvalue weighted by molar-refractivity contribution is -0.120. The highest BCUT2D eigenvalue weighted by atomic mass is 16.5. The molecule has 94 valence electrons. The summed E-state index contributed by atoms with van der Waals surface area (Å²) in [7, 11) is 0. The van der Waals surface area contributed by atoms with Crippen molar-refractivity contribution in [3.63, 3.8) is 0 Å². The van der Waals surface area contributed by atoms with Gasteiger partial charge in [-0.05, 0) is 5.56 Å². The van der Waals surface area contributed by atoms with Gasteiger partial charge in [0.2, 0.25) is 5.91 Å². The van der Waals surface area contributed by atoms with Crippen LogP contribution in [-0.2, 0) is 17.9 Å². The van der Waals surface area contributed by atoms with Crippen molar-refractivity contribution in [1.82, 2.24) is 15.8 Å². The van der Waals surface area contributed by atoms with E-state index in [9.17, 15) is 4.79 Å². The third-order valence-corrected chi connectivity index (χ3v) is 2.41. The van der Waals surface area contributed by atoms with Gasteiger partial charge in [-0.1, -0.05) is 35.5 Å². The monoisotopic (exact) mass is 245 g/mol. The van der Waals surface area contributed by atoms with Gasteiger partial charge in [-0.25, -0.2) is 0 Å². The fraction of sp³-hybridized carbons (Fsp3) is 0.231. The maximum absolute atomic E-state index is 11.5. The van der Waals surface area contributed by atoms with Crippen molar-refractivity contribution in [3.05, 3.63) is 53.9 Å². The topological polar surface area (TPSA) is 67.2 Å². The normalized spacial score (nSPS) is 10.2. The lowest BCUT2D eigenvalue weighted by Crippen LogP contribution is -2.33. The van der Waals surface area contributed by atoms with Crippen molar-refractivity contribution in [2.45, 2.75) is 13.1 Å². The molecule has 1 aromatic carbocycles. The predicted molar refractivity (Wildman–Crippen MR) is 66.5 cm³/mol. The first-order chi connectivity index (χ1) is 8.84. The van der Waals surface area contributed by atoms with Crippen LogP contribution in [0, 0.1) is 0 Å². The summed E-state index contributed by atoms with van der Waals surface area (Å²) in [5.74, 6) is 0.671. The zero-order valence-electron chi connectivity index (χ0n) is 9.93. The molecule has 0 unspecified atom stereocenters. The van der Waals surface area contributed by atoms with E-state index in [1.54, 1.807) is 12.3 Å². The van der Waals surface area contributed by atoms with Gasteiger partial charge in [-0.15, -0.1) is 0 Å². The number of hydrogen-bond acceptors (Lipinski definition) is 4. The van der Waals surface area contributed by atoms with Crippen LogP contribution in [0.1, 0.15) is 11.3 Å². The highest BCUT2D eigenvalue weighted by Gasteiger charge is 2.02. The first-order valence-electron chi connectivity index (χ1n) is 5.75. The summed E-state index contributed by atoms with van der Waals surface area (Å²) in [5, 5.41) is 9.39. The second-order valence-corrected chi connectivity index (χ2v) is 3.84. The standard InChI is InChI=1S/C13H15N3O2/c17-13(10-14-9-12-6-7-16-18-12)15-8-11-4-2-1-3-5-11/h1-7,14H,8-10H2,(H,15,17). The number of hydrogen-bond donors (Lipinski definition) is 2. The Hall–Kier alpha value is -2.14. The molecule has 0 saturated carbocycles.